The summed E-state index contributed by atoms with van der Waals surface area (Å²) >= 11 is 0. The van der Waals surface area contributed by atoms with Crippen molar-refractivity contribution in [2.75, 3.05) is 37.4 Å². The van der Waals surface area contributed by atoms with Crippen molar-refractivity contribution in [2.24, 2.45) is 0 Å². The highest BCUT2D eigenvalue weighted by Crippen LogP contribution is 2.27. The molecule has 174 valence electrons. The third kappa shape index (κ3) is 5.29. The van der Waals surface area contributed by atoms with Gasteiger partial charge in [0, 0.05) is 44.5 Å². The molecule has 2 heterocycles. The number of nitrogens with one attached hydrogen (secondary N) is 1. The van der Waals surface area contributed by atoms with Crippen LogP contribution in [-0.4, -0.2) is 61.1 Å². The lowest BCUT2D eigenvalue weighted by Gasteiger charge is -2.30. The maximum absolute atomic E-state index is 13.4. The van der Waals surface area contributed by atoms with Gasteiger partial charge in [-0.1, -0.05) is 0 Å². The molecular formula is C23H26FN5O3S. The maximum atomic E-state index is 13.4. The van der Waals surface area contributed by atoms with E-state index in [0.717, 1.165) is 9.87 Å². The molecule has 1 aliphatic heterocycles. The number of hydrogen-bond donors (Lipinski definition) is 2. The molecule has 1 aromatic heterocycles. The van der Waals surface area contributed by atoms with Gasteiger partial charge in [-0.2, -0.15) is 4.98 Å². The zero-order valence-corrected chi connectivity index (χ0v) is 19.3. The van der Waals surface area contributed by atoms with Crippen molar-refractivity contribution < 1.29 is 17.9 Å². The Morgan fingerprint density at radius 2 is 1.67 bits per heavy atom. The number of halogens is 1. The zero-order valence-electron chi connectivity index (χ0n) is 18.4. The van der Waals surface area contributed by atoms with Gasteiger partial charge in [0.05, 0.1) is 16.7 Å². The van der Waals surface area contributed by atoms with Gasteiger partial charge in [0.25, 0.3) is 0 Å². The number of sulfonamides is 1. The normalized spacial score (nSPS) is 15.1. The van der Waals surface area contributed by atoms with Crippen LogP contribution >= 0.6 is 0 Å². The Morgan fingerprint density at radius 1 is 1.03 bits per heavy atom. The van der Waals surface area contributed by atoms with Crippen LogP contribution in [0.2, 0.25) is 0 Å². The summed E-state index contributed by atoms with van der Waals surface area (Å²) in [5.74, 6) is 0.704. The number of aliphatic hydroxyl groups excluding tert-OH is 1. The molecule has 3 aromatic rings. The lowest BCUT2D eigenvalue weighted by atomic mass is 10.1. The van der Waals surface area contributed by atoms with Crippen LogP contribution in [0.3, 0.4) is 0 Å². The molecule has 2 aromatic carbocycles. The van der Waals surface area contributed by atoms with Gasteiger partial charge in [0.2, 0.25) is 16.0 Å². The highest BCUT2D eigenvalue weighted by molar-refractivity contribution is 7.89. The van der Waals surface area contributed by atoms with Gasteiger partial charge in [-0.05, 0) is 61.4 Å². The van der Waals surface area contributed by atoms with Gasteiger partial charge in [-0.25, -0.2) is 22.1 Å². The number of piperidine rings is 1. The number of hydrogen-bond acceptors (Lipinski definition) is 7. The van der Waals surface area contributed by atoms with Crippen LogP contribution in [0.1, 0.15) is 12.8 Å². The predicted octanol–water partition coefficient (Wildman–Crippen LogP) is 3.24. The number of anilines is 3. The molecule has 4 rings (SSSR count). The second-order valence-corrected chi connectivity index (χ2v) is 10.2. The minimum Gasteiger partial charge on any atom is -0.393 e. The van der Waals surface area contributed by atoms with Crippen LogP contribution < -0.4 is 10.2 Å². The predicted molar refractivity (Wildman–Crippen MR) is 125 cm³/mol. The van der Waals surface area contributed by atoms with Gasteiger partial charge in [-0.3, -0.25) is 0 Å². The first-order valence-corrected chi connectivity index (χ1v) is 12.0. The van der Waals surface area contributed by atoms with Crippen molar-refractivity contribution in [2.45, 2.75) is 23.8 Å². The third-order valence-electron chi connectivity index (χ3n) is 5.53. The lowest BCUT2D eigenvalue weighted by molar-refractivity contribution is 0.145. The zero-order chi connectivity index (χ0) is 23.6. The molecule has 0 aliphatic carbocycles. The fourth-order valence-corrected chi connectivity index (χ4v) is 4.47. The van der Waals surface area contributed by atoms with E-state index in [0.29, 0.717) is 49.1 Å². The van der Waals surface area contributed by atoms with Gasteiger partial charge in [-0.15, -0.1) is 0 Å². The lowest BCUT2D eigenvalue weighted by Crippen LogP contribution is -2.36. The van der Waals surface area contributed by atoms with Gasteiger partial charge >= 0.3 is 0 Å². The van der Waals surface area contributed by atoms with Gasteiger partial charge < -0.3 is 15.3 Å². The number of nitrogens with zero attached hydrogens (tertiary/aromatic N) is 4. The van der Waals surface area contributed by atoms with E-state index in [9.17, 15) is 17.9 Å². The van der Waals surface area contributed by atoms with E-state index >= 15 is 0 Å². The second kappa shape index (κ2) is 9.42. The Labute approximate surface area is 192 Å². The Kier molecular flexibility index (Phi) is 6.59. The first-order chi connectivity index (χ1) is 15.7. The van der Waals surface area contributed by atoms with E-state index in [-0.39, 0.29) is 16.8 Å². The summed E-state index contributed by atoms with van der Waals surface area (Å²) in [5.41, 5.74) is 2.00. The molecule has 8 nitrogen and oxygen atoms in total. The summed E-state index contributed by atoms with van der Waals surface area (Å²) in [7, 11) is -0.555. The standard InChI is InChI=1S/C23H26FN5O3S/c1-28(2)33(31,32)20-9-7-18(8-10-20)25-23-26-21(16-3-5-17(24)6-4-16)15-22(27-23)29-13-11-19(30)12-14-29/h3-10,15,19,30H,11-14H2,1-2H3,(H,25,26,27). The molecule has 0 spiro atoms. The average Bonchev–Trinajstić information content (AvgIpc) is 2.80. The Morgan fingerprint density at radius 3 is 2.27 bits per heavy atom. The van der Waals surface area contributed by atoms with Crippen LogP contribution in [-0.2, 0) is 10.0 Å². The average molecular weight is 472 g/mol. The van der Waals surface area contributed by atoms with E-state index in [1.807, 2.05) is 6.07 Å². The number of aromatic nitrogens is 2. The van der Waals surface area contributed by atoms with E-state index in [1.165, 1.54) is 38.4 Å². The van der Waals surface area contributed by atoms with E-state index in [2.05, 4.69) is 20.2 Å². The van der Waals surface area contributed by atoms with Gasteiger partial charge in [0.15, 0.2) is 0 Å². The molecule has 1 fully saturated rings. The summed E-state index contributed by atoms with van der Waals surface area (Å²) in [6.07, 6.45) is 0.996. The molecule has 0 radical (unpaired) electrons. The minimum absolute atomic E-state index is 0.187. The van der Waals surface area contributed by atoms with Crippen molar-refractivity contribution in [3.63, 3.8) is 0 Å². The number of benzene rings is 2. The monoisotopic (exact) mass is 471 g/mol. The van der Waals surface area contributed by atoms with Crippen molar-refractivity contribution in [3.8, 4) is 11.3 Å². The topological polar surface area (TPSA) is 98.7 Å². The maximum Gasteiger partial charge on any atom is 0.242 e. The summed E-state index contributed by atoms with van der Waals surface area (Å²) in [6.45, 7) is 1.33. The molecular weight excluding hydrogens is 445 g/mol. The number of aliphatic hydroxyl groups is 1. The molecule has 0 saturated carbocycles. The van der Waals surface area contributed by atoms with Crippen molar-refractivity contribution >= 4 is 27.5 Å². The fourth-order valence-electron chi connectivity index (χ4n) is 3.57. The molecule has 2 N–H and O–H groups in total. The SMILES string of the molecule is CN(C)S(=O)(=O)c1ccc(Nc2nc(-c3ccc(F)cc3)cc(N3CCC(O)CC3)n2)cc1. The molecule has 10 heteroatoms. The van der Waals surface area contributed by atoms with Crippen LogP contribution in [0.4, 0.5) is 21.8 Å². The molecule has 33 heavy (non-hydrogen) atoms. The highest BCUT2D eigenvalue weighted by atomic mass is 32.2. The first-order valence-electron chi connectivity index (χ1n) is 10.6. The van der Waals surface area contributed by atoms with Crippen LogP contribution in [0, 0.1) is 5.82 Å². The van der Waals surface area contributed by atoms with E-state index < -0.39 is 10.0 Å². The fraction of sp³-hybridized carbons (Fsp3) is 0.304. The quantitative estimate of drug-likeness (QED) is 0.569. The van der Waals surface area contributed by atoms with E-state index in [1.54, 1.807) is 24.3 Å². The molecule has 1 aliphatic rings. The molecule has 0 atom stereocenters. The summed E-state index contributed by atoms with van der Waals surface area (Å²) in [6, 6.07) is 14.3. The largest absolute Gasteiger partial charge is 0.393 e. The summed E-state index contributed by atoms with van der Waals surface area (Å²) < 4.78 is 39.2. The molecule has 0 bridgehead atoms. The van der Waals surface area contributed by atoms with Crippen LogP contribution in [0.25, 0.3) is 11.3 Å². The van der Waals surface area contributed by atoms with Crippen molar-refractivity contribution in [3.05, 3.63) is 60.4 Å². The van der Waals surface area contributed by atoms with Gasteiger partial charge in [0.1, 0.15) is 11.6 Å². The summed E-state index contributed by atoms with van der Waals surface area (Å²) in [4.78, 5) is 11.5. The number of rotatable bonds is 6. The minimum atomic E-state index is -3.52. The second-order valence-electron chi connectivity index (χ2n) is 8.10. The van der Waals surface area contributed by atoms with Crippen molar-refractivity contribution in [1.82, 2.24) is 14.3 Å². The van der Waals surface area contributed by atoms with Crippen LogP contribution in [0.5, 0.6) is 0 Å². The van der Waals surface area contributed by atoms with Crippen molar-refractivity contribution in [1.29, 1.82) is 0 Å². The Bertz CT molecular complexity index is 1210. The molecule has 1 saturated heterocycles. The smallest absolute Gasteiger partial charge is 0.242 e. The summed E-state index contributed by atoms with van der Waals surface area (Å²) in [5, 5.41) is 13.0. The highest BCUT2D eigenvalue weighted by Gasteiger charge is 2.20. The third-order valence-corrected chi connectivity index (χ3v) is 7.36. The van der Waals surface area contributed by atoms with Crippen LogP contribution in [0.15, 0.2) is 59.5 Å². The Balaban J connectivity index is 1.66. The molecule has 0 unspecified atom stereocenters. The van der Waals surface area contributed by atoms with E-state index in [4.69, 9.17) is 0 Å². The first kappa shape index (κ1) is 23.1. The molecule has 0 amide bonds. The Hall–Kier alpha value is -3.08.